The lowest BCUT2D eigenvalue weighted by molar-refractivity contribution is -0.122. The van der Waals surface area contributed by atoms with E-state index in [0.717, 1.165) is 5.69 Å². The monoisotopic (exact) mass is 251 g/mol. The predicted molar refractivity (Wildman–Crippen MR) is 67.4 cm³/mol. The number of carbonyl (C=O) groups excluding carboxylic acids is 2. The molecule has 0 atom stereocenters. The van der Waals surface area contributed by atoms with Gasteiger partial charge in [0.1, 0.15) is 5.82 Å². The molecule has 7 nitrogen and oxygen atoms in total. The number of rotatable bonds is 7. The van der Waals surface area contributed by atoms with E-state index < -0.39 is 11.8 Å². The van der Waals surface area contributed by atoms with Crippen LogP contribution >= 0.6 is 0 Å². The average Bonchev–Trinajstić information content (AvgIpc) is 2.27. The molecule has 2 amide bonds. The number of primary amides is 2. The standard InChI is InChI=1S/C11H17N5O2/c1-14-11-4-2-3-8(15-11)5-16(6-9(12)17)7-10(13)18/h2-4H,5-7H2,1H3,(H2,12,17)(H2,13,18)(H,14,15). The van der Waals surface area contributed by atoms with E-state index >= 15 is 0 Å². The number of nitrogens with one attached hydrogen (secondary N) is 1. The van der Waals surface area contributed by atoms with Crippen LogP contribution in [0, 0.1) is 0 Å². The van der Waals surface area contributed by atoms with E-state index in [4.69, 9.17) is 11.5 Å². The van der Waals surface area contributed by atoms with Crippen LogP contribution in [0.3, 0.4) is 0 Å². The summed E-state index contributed by atoms with van der Waals surface area (Å²) in [5, 5.41) is 2.91. The van der Waals surface area contributed by atoms with Crippen molar-refractivity contribution in [2.75, 3.05) is 25.5 Å². The molecule has 5 N–H and O–H groups in total. The molecule has 0 bridgehead atoms. The van der Waals surface area contributed by atoms with Crippen LogP contribution < -0.4 is 16.8 Å². The van der Waals surface area contributed by atoms with Crippen molar-refractivity contribution in [3.63, 3.8) is 0 Å². The van der Waals surface area contributed by atoms with Crippen molar-refractivity contribution >= 4 is 17.6 Å². The van der Waals surface area contributed by atoms with Crippen LogP contribution in [0.15, 0.2) is 18.2 Å². The maximum Gasteiger partial charge on any atom is 0.231 e. The quantitative estimate of drug-likeness (QED) is 0.569. The summed E-state index contributed by atoms with van der Waals surface area (Å²) in [6, 6.07) is 5.45. The summed E-state index contributed by atoms with van der Waals surface area (Å²) in [6.45, 7) is 0.268. The highest BCUT2D eigenvalue weighted by atomic mass is 16.2. The Bertz CT molecular complexity index is 419. The lowest BCUT2D eigenvalue weighted by Crippen LogP contribution is -2.39. The fourth-order valence-corrected chi connectivity index (χ4v) is 1.54. The molecular weight excluding hydrogens is 234 g/mol. The molecule has 0 aliphatic carbocycles. The minimum atomic E-state index is -0.513. The Morgan fingerprint density at radius 2 is 1.89 bits per heavy atom. The molecule has 0 saturated heterocycles. The van der Waals surface area contributed by atoms with Gasteiger partial charge in [0.25, 0.3) is 0 Å². The minimum Gasteiger partial charge on any atom is -0.373 e. The summed E-state index contributed by atoms with van der Waals surface area (Å²) >= 11 is 0. The zero-order valence-electron chi connectivity index (χ0n) is 10.2. The van der Waals surface area contributed by atoms with E-state index in [1.54, 1.807) is 18.0 Å². The molecule has 98 valence electrons. The third-order valence-corrected chi connectivity index (χ3v) is 2.21. The fraction of sp³-hybridized carbons (Fsp3) is 0.364. The number of nitrogens with zero attached hydrogens (tertiary/aromatic N) is 2. The molecule has 1 aromatic heterocycles. The molecule has 0 aliphatic heterocycles. The van der Waals surface area contributed by atoms with Crippen LogP contribution in [0.5, 0.6) is 0 Å². The highest BCUT2D eigenvalue weighted by Crippen LogP contribution is 2.06. The van der Waals surface area contributed by atoms with Crippen LogP contribution in [0.4, 0.5) is 5.82 Å². The Balaban J connectivity index is 2.74. The Kier molecular flexibility index (Phi) is 5.06. The summed E-state index contributed by atoms with van der Waals surface area (Å²) in [6.07, 6.45) is 0. The number of carbonyl (C=O) groups is 2. The third-order valence-electron chi connectivity index (χ3n) is 2.21. The lowest BCUT2D eigenvalue weighted by Gasteiger charge is -2.18. The van der Waals surface area contributed by atoms with Gasteiger partial charge in [-0.3, -0.25) is 14.5 Å². The summed E-state index contributed by atoms with van der Waals surface area (Å²) in [5.41, 5.74) is 11.0. The Morgan fingerprint density at radius 3 is 2.39 bits per heavy atom. The molecule has 0 aromatic carbocycles. The summed E-state index contributed by atoms with van der Waals surface area (Å²) in [7, 11) is 1.76. The van der Waals surface area contributed by atoms with Crippen molar-refractivity contribution in [3.05, 3.63) is 23.9 Å². The van der Waals surface area contributed by atoms with Crippen molar-refractivity contribution in [2.45, 2.75) is 6.54 Å². The number of pyridine rings is 1. The maximum atomic E-state index is 10.9. The zero-order valence-corrected chi connectivity index (χ0v) is 10.2. The Labute approximate surface area is 105 Å². The second-order valence-electron chi connectivity index (χ2n) is 3.84. The summed E-state index contributed by atoms with van der Waals surface area (Å²) in [5.74, 6) is -0.312. The third kappa shape index (κ3) is 4.79. The second-order valence-corrected chi connectivity index (χ2v) is 3.84. The van der Waals surface area contributed by atoms with Gasteiger partial charge in [0.15, 0.2) is 0 Å². The van der Waals surface area contributed by atoms with Crippen molar-refractivity contribution < 1.29 is 9.59 Å². The molecule has 0 radical (unpaired) electrons. The first-order valence-electron chi connectivity index (χ1n) is 5.44. The fourth-order valence-electron chi connectivity index (χ4n) is 1.54. The summed E-state index contributed by atoms with van der Waals surface area (Å²) in [4.78, 5) is 27.6. The normalized spacial score (nSPS) is 10.3. The first-order valence-corrected chi connectivity index (χ1v) is 5.44. The smallest absolute Gasteiger partial charge is 0.231 e. The number of nitrogens with two attached hydrogens (primary N) is 2. The summed E-state index contributed by atoms with van der Waals surface area (Å²) < 4.78 is 0. The van der Waals surface area contributed by atoms with E-state index in [0.29, 0.717) is 12.4 Å². The first kappa shape index (κ1) is 13.9. The molecule has 1 heterocycles. The molecule has 0 saturated carbocycles. The number of hydrogen-bond acceptors (Lipinski definition) is 5. The number of amides is 2. The van der Waals surface area contributed by atoms with Gasteiger partial charge in [-0.2, -0.15) is 0 Å². The van der Waals surface area contributed by atoms with Crippen molar-refractivity contribution in [1.82, 2.24) is 9.88 Å². The van der Waals surface area contributed by atoms with Gasteiger partial charge in [0.05, 0.1) is 18.8 Å². The molecule has 1 rings (SSSR count). The van der Waals surface area contributed by atoms with Crippen LogP contribution in [-0.4, -0.2) is 41.8 Å². The van der Waals surface area contributed by atoms with Crippen LogP contribution in [0.1, 0.15) is 5.69 Å². The van der Waals surface area contributed by atoms with E-state index in [-0.39, 0.29) is 13.1 Å². The van der Waals surface area contributed by atoms with Gasteiger partial charge in [-0.05, 0) is 12.1 Å². The van der Waals surface area contributed by atoms with Gasteiger partial charge in [0, 0.05) is 13.6 Å². The lowest BCUT2D eigenvalue weighted by atomic mass is 10.3. The second kappa shape index (κ2) is 6.55. The molecule has 0 spiro atoms. The van der Waals surface area contributed by atoms with Crippen LogP contribution in [0.25, 0.3) is 0 Å². The van der Waals surface area contributed by atoms with Gasteiger partial charge >= 0.3 is 0 Å². The topological polar surface area (TPSA) is 114 Å². The van der Waals surface area contributed by atoms with Crippen molar-refractivity contribution in [2.24, 2.45) is 11.5 Å². The van der Waals surface area contributed by atoms with Gasteiger partial charge in [-0.15, -0.1) is 0 Å². The molecule has 0 fully saturated rings. The van der Waals surface area contributed by atoms with E-state index in [9.17, 15) is 9.59 Å². The van der Waals surface area contributed by atoms with Crippen LogP contribution in [-0.2, 0) is 16.1 Å². The van der Waals surface area contributed by atoms with Crippen LogP contribution in [0.2, 0.25) is 0 Å². The molecule has 1 aromatic rings. The predicted octanol–water partition coefficient (Wildman–Crippen LogP) is -1.10. The first-order chi connectivity index (χ1) is 8.51. The average molecular weight is 251 g/mol. The number of hydrogen-bond donors (Lipinski definition) is 3. The Hall–Kier alpha value is -2.15. The van der Waals surface area contributed by atoms with E-state index in [2.05, 4.69) is 10.3 Å². The Morgan fingerprint density at radius 1 is 1.28 bits per heavy atom. The minimum absolute atomic E-state index is 0.0333. The number of aromatic nitrogens is 1. The molecule has 0 unspecified atom stereocenters. The molecular formula is C11H17N5O2. The van der Waals surface area contributed by atoms with E-state index in [1.165, 1.54) is 0 Å². The maximum absolute atomic E-state index is 10.9. The van der Waals surface area contributed by atoms with Gasteiger partial charge in [-0.25, -0.2) is 4.98 Å². The van der Waals surface area contributed by atoms with Gasteiger partial charge in [0.2, 0.25) is 11.8 Å². The van der Waals surface area contributed by atoms with Crippen molar-refractivity contribution in [3.8, 4) is 0 Å². The number of anilines is 1. The molecule has 0 aliphatic rings. The highest BCUT2D eigenvalue weighted by molar-refractivity contribution is 5.79. The zero-order chi connectivity index (χ0) is 13.5. The van der Waals surface area contributed by atoms with E-state index in [1.807, 2.05) is 12.1 Å². The largest absolute Gasteiger partial charge is 0.373 e. The molecule has 7 heteroatoms. The highest BCUT2D eigenvalue weighted by Gasteiger charge is 2.12. The SMILES string of the molecule is CNc1cccc(CN(CC(N)=O)CC(N)=O)n1. The van der Waals surface area contributed by atoms with Crippen molar-refractivity contribution in [1.29, 1.82) is 0 Å². The molecule has 18 heavy (non-hydrogen) atoms. The van der Waals surface area contributed by atoms with Gasteiger partial charge < -0.3 is 16.8 Å². The van der Waals surface area contributed by atoms with Gasteiger partial charge in [-0.1, -0.05) is 6.07 Å².